The summed E-state index contributed by atoms with van der Waals surface area (Å²) in [6.45, 7) is 5.19. The molecule has 0 spiro atoms. The van der Waals surface area contributed by atoms with E-state index in [2.05, 4.69) is 15.0 Å². The molecule has 0 amide bonds. The molecule has 0 bridgehead atoms. The predicted molar refractivity (Wildman–Crippen MR) is 86.0 cm³/mol. The standard InChI is InChI=1S/C17H23N3O3/c1-17(2,21)14-9-6-10-20(14)11-15-18-16(19-23-15)12-7-4-5-8-13(12)22-3/h4-5,7-8,14,21H,6,9-11H2,1-3H3. The van der Waals surface area contributed by atoms with Gasteiger partial charge >= 0.3 is 0 Å². The highest BCUT2D eigenvalue weighted by atomic mass is 16.5. The van der Waals surface area contributed by atoms with Crippen LogP contribution in [0.1, 0.15) is 32.6 Å². The van der Waals surface area contributed by atoms with Crippen molar-refractivity contribution in [3.8, 4) is 17.1 Å². The average molecular weight is 317 g/mol. The zero-order valence-corrected chi connectivity index (χ0v) is 13.8. The van der Waals surface area contributed by atoms with Crippen molar-refractivity contribution in [2.75, 3.05) is 13.7 Å². The van der Waals surface area contributed by atoms with Crippen molar-refractivity contribution >= 4 is 0 Å². The molecular formula is C17H23N3O3. The van der Waals surface area contributed by atoms with Crippen LogP contribution >= 0.6 is 0 Å². The van der Waals surface area contributed by atoms with Crippen LogP contribution in [0, 0.1) is 0 Å². The highest BCUT2D eigenvalue weighted by Gasteiger charge is 2.36. The summed E-state index contributed by atoms with van der Waals surface area (Å²) in [7, 11) is 1.62. The molecule has 1 aromatic carbocycles. The maximum atomic E-state index is 10.3. The van der Waals surface area contributed by atoms with E-state index in [4.69, 9.17) is 9.26 Å². The molecule has 6 nitrogen and oxygen atoms in total. The van der Waals surface area contributed by atoms with Crippen molar-refractivity contribution < 1.29 is 14.4 Å². The Morgan fingerprint density at radius 2 is 2.17 bits per heavy atom. The van der Waals surface area contributed by atoms with Gasteiger partial charge in [0.1, 0.15) is 5.75 Å². The lowest BCUT2D eigenvalue weighted by Crippen LogP contribution is -2.45. The van der Waals surface area contributed by atoms with Gasteiger partial charge in [-0.3, -0.25) is 4.90 Å². The molecule has 1 aliphatic rings. The van der Waals surface area contributed by atoms with Crippen LogP contribution in [0.2, 0.25) is 0 Å². The third kappa shape index (κ3) is 3.38. The van der Waals surface area contributed by atoms with E-state index in [1.54, 1.807) is 7.11 Å². The van der Waals surface area contributed by atoms with Crippen LogP contribution in [0.15, 0.2) is 28.8 Å². The molecule has 2 heterocycles. The Balaban J connectivity index is 1.77. The van der Waals surface area contributed by atoms with Gasteiger partial charge in [-0.25, -0.2) is 0 Å². The molecule has 1 aromatic heterocycles. The molecule has 1 N–H and O–H groups in total. The van der Waals surface area contributed by atoms with E-state index < -0.39 is 5.60 Å². The molecular weight excluding hydrogens is 294 g/mol. The summed E-state index contributed by atoms with van der Waals surface area (Å²) in [5.74, 6) is 1.80. The lowest BCUT2D eigenvalue weighted by Gasteiger charge is -2.32. The summed E-state index contributed by atoms with van der Waals surface area (Å²) in [6, 6.07) is 7.71. The van der Waals surface area contributed by atoms with Gasteiger partial charge in [0, 0.05) is 6.04 Å². The van der Waals surface area contributed by atoms with Crippen molar-refractivity contribution in [1.29, 1.82) is 0 Å². The lowest BCUT2D eigenvalue weighted by molar-refractivity contribution is -0.00774. The fourth-order valence-corrected chi connectivity index (χ4v) is 3.25. The SMILES string of the molecule is COc1ccccc1-c1noc(CN2CCCC2C(C)(C)O)n1. The number of likely N-dealkylation sites (tertiary alicyclic amines) is 1. The van der Waals surface area contributed by atoms with Crippen LogP contribution in [-0.4, -0.2) is 45.4 Å². The Kier molecular flexibility index (Phi) is 4.37. The molecule has 1 fully saturated rings. The number of para-hydroxylation sites is 1. The fourth-order valence-electron chi connectivity index (χ4n) is 3.25. The molecule has 23 heavy (non-hydrogen) atoms. The number of aliphatic hydroxyl groups is 1. The first-order chi connectivity index (χ1) is 11.0. The van der Waals surface area contributed by atoms with Gasteiger partial charge in [-0.15, -0.1) is 0 Å². The van der Waals surface area contributed by atoms with E-state index in [0.29, 0.717) is 18.3 Å². The molecule has 6 heteroatoms. The van der Waals surface area contributed by atoms with E-state index in [9.17, 15) is 5.11 Å². The highest BCUT2D eigenvalue weighted by molar-refractivity contribution is 5.63. The van der Waals surface area contributed by atoms with E-state index in [0.717, 1.165) is 30.7 Å². The molecule has 124 valence electrons. The number of hydrogen-bond donors (Lipinski definition) is 1. The Bertz CT molecular complexity index is 663. The molecule has 1 aliphatic heterocycles. The van der Waals surface area contributed by atoms with Gasteiger partial charge in [-0.1, -0.05) is 17.3 Å². The predicted octanol–water partition coefficient (Wildman–Crippen LogP) is 2.48. The Morgan fingerprint density at radius 1 is 1.39 bits per heavy atom. The van der Waals surface area contributed by atoms with Crippen molar-refractivity contribution in [2.24, 2.45) is 0 Å². The Hall–Kier alpha value is -1.92. The summed E-state index contributed by atoms with van der Waals surface area (Å²) in [4.78, 5) is 6.70. The average Bonchev–Trinajstić information content (AvgIpc) is 3.16. The zero-order valence-electron chi connectivity index (χ0n) is 13.8. The highest BCUT2D eigenvalue weighted by Crippen LogP contribution is 2.30. The van der Waals surface area contributed by atoms with Crippen molar-refractivity contribution in [3.05, 3.63) is 30.2 Å². The number of rotatable bonds is 5. The maximum absolute atomic E-state index is 10.3. The van der Waals surface area contributed by atoms with Gasteiger partial charge in [-0.05, 0) is 45.4 Å². The number of hydrogen-bond acceptors (Lipinski definition) is 6. The third-order valence-electron chi connectivity index (χ3n) is 4.33. The van der Waals surface area contributed by atoms with Crippen LogP contribution in [0.5, 0.6) is 5.75 Å². The first-order valence-corrected chi connectivity index (χ1v) is 7.91. The van der Waals surface area contributed by atoms with Crippen LogP contribution in [0.25, 0.3) is 11.4 Å². The van der Waals surface area contributed by atoms with Crippen LogP contribution in [0.3, 0.4) is 0 Å². The number of ether oxygens (including phenoxy) is 1. The Morgan fingerprint density at radius 3 is 2.91 bits per heavy atom. The second-order valence-electron chi connectivity index (χ2n) is 6.49. The molecule has 0 radical (unpaired) electrons. The molecule has 1 saturated heterocycles. The summed E-state index contributed by atoms with van der Waals surface area (Å²) < 4.78 is 10.7. The minimum Gasteiger partial charge on any atom is -0.496 e. The molecule has 0 saturated carbocycles. The summed E-state index contributed by atoms with van der Waals surface area (Å²) in [5, 5.41) is 14.4. The smallest absolute Gasteiger partial charge is 0.241 e. The number of aromatic nitrogens is 2. The molecule has 1 atom stereocenters. The van der Waals surface area contributed by atoms with Gasteiger partial charge in [0.2, 0.25) is 11.7 Å². The molecule has 0 aliphatic carbocycles. The largest absolute Gasteiger partial charge is 0.496 e. The number of methoxy groups -OCH3 is 1. The molecule has 1 unspecified atom stereocenters. The number of nitrogens with zero attached hydrogens (tertiary/aromatic N) is 3. The van der Waals surface area contributed by atoms with Gasteiger partial charge in [-0.2, -0.15) is 4.98 Å². The van der Waals surface area contributed by atoms with Gasteiger partial charge in [0.05, 0.1) is 24.8 Å². The normalized spacial score (nSPS) is 19.2. The summed E-state index contributed by atoms with van der Waals surface area (Å²) >= 11 is 0. The lowest BCUT2D eigenvalue weighted by atomic mass is 9.97. The molecule has 2 aromatic rings. The minimum absolute atomic E-state index is 0.115. The van der Waals surface area contributed by atoms with Gasteiger partial charge in [0.25, 0.3) is 0 Å². The van der Waals surface area contributed by atoms with Crippen molar-refractivity contribution in [1.82, 2.24) is 15.0 Å². The third-order valence-corrected chi connectivity index (χ3v) is 4.33. The Labute approximate surface area is 136 Å². The monoisotopic (exact) mass is 317 g/mol. The maximum Gasteiger partial charge on any atom is 0.241 e. The van der Waals surface area contributed by atoms with Gasteiger partial charge < -0.3 is 14.4 Å². The first kappa shape index (κ1) is 16.0. The van der Waals surface area contributed by atoms with E-state index in [1.807, 2.05) is 38.1 Å². The summed E-state index contributed by atoms with van der Waals surface area (Å²) in [6.07, 6.45) is 2.05. The minimum atomic E-state index is -0.734. The van der Waals surface area contributed by atoms with Crippen molar-refractivity contribution in [3.63, 3.8) is 0 Å². The van der Waals surface area contributed by atoms with Crippen molar-refractivity contribution in [2.45, 2.75) is 44.9 Å². The van der Waals surface area contributed by atoms with E-state index >= 15 is 0 Å². The van der Waals surface area contributed by atoms with Crippen LogP contribution < -0.4 is 4.74 Å². The first-order valence-electron chi connectivity index (χ1n) is 7.91. The summed E-state index contributed by atoms with van der Waals surface area (Å²) in [5.41, 5.74) is 0.0765. The van der Waals surface area contributed by atoms with E-state index in [1.165, 1.54) is 0 Å². The van der Waals surface area contributed by atoms with Gasteiger partial charge in [0.15, 0.2) is 0 Å². The quantitative estimate of drug-likeness (QED) is 0.913. The zero-order chi connectivity index (χ0) is 16.4. The second kappa shape index (κ2) is 6.29. The molecule has 3 rings (SSSR count). The number of benzene rings is 1. The second-order valence-corrected chi connectivity index (χ2v) is 6.49. The van der Waals surface area contributed by atoms with Crippen LogP contribution in [0.4, 0.5) is 0 Å². The van der Waals surface area contributed by atoms with Crippen LogP contribution in [-0.2, 0) is 6.54 Å². The topological polar surface area (TPSA) is 71.6 Å². The fraction of sp³-hybridized carbons (Fsp3) is 0.529. The van der Waals surface area contributed by atoms with E-state index in [-0.39, 0.29) is 6.04 Å².